The van der Waals surface area contributed by atoms with Crippen LogP contribution in [0, 0.1) is 0 Å². The van der Waals surface area contributed by atoms with Crippen molar-refractivity contribution in [3.05, 3.63) is 90.3 Å². The van der Waals surface area contributed by atoms with E-state index in [1.54, 1.807) is 18.5 Å². The molecule has 5 rings (SSSR count). The number of allylic oxidation sites excluding steroid dienone is 1. The second kappa shape index (κ2) is 14.2. The molecule has 45 heavy (non-hydrogen) atoms. The summed E-state index contributed by atoms with van der Waals surface area (Å²) >= 11 is 0. The monoisotopic (exact) mass is 608 g/mol. The molecule has 0 saturated heterocycles. The first-order valence-corrected chi connectivity index (χ1v) is 15.4. The van der Waals surface area contributed by atoms with E-state index >= 15 is 0 Å². The van der Waals surface area contributed by atoms with Crippen molar-refractivity contribution in [2.24, 2.45) is 0 Å². The fourth-order valence-electron chi connectivity index (χ4n) is 5.49. The van der Waals surface area contributed by atoms with Gasteiger partial charge in [-0.2, -0.15) is 0 Å². The molecule has 2 N–H and O–H groups in total. The Morgan fingerprint density at radius 3 is 2.44 bits per heavy atom. The fourth-order valence-corrected chi connectivity index (χ4v) is 5.49. The molecule has 9 heteroatoms. The van der Waals surface area contributed by atoms with Gasteiger partial charge in [0.25, 0.3) is 0 Å². The maximum absolute atomic E-state index is 13.1. The number of aldehydes is 1. The second-order valence-corrected chi connectivity index (χ2v) is 12.3. The zero-order chi connectivity index (χ0) is 31.8. The predicted molar refractivity (Wildman–Crippen MR) is 176 cm³/mol. The molecule has 0 unspecified atom stereocenters. The van der Waals surface area contributed by atoms with Crippen LogP contribution in [0.1, 0.15) is 68.8 Å². The van der Waals surface area contributed by atoms with Gasteiger partial charge in [0.05, 0.1) is 23.0 Å². The molecule has 0 bridgehead atoms. The molecule has 1 fully saturated rings. The number of carbonyl (C=O) groups excluding carboxylic acids is 3. The quantitative estimate of drug-likeness (QED) is 0.186. The molecule has 1 aromatic heterocycles. The molecule has 0 radical (unpaired) electrons. The average Bonchev–Trinajstić information content (AvgIpc) is 3.42. The number of fused-ring (bicyclic) bond motifs is 1. The maximum Gasteiger partial charge on any atom is 0.411 e. The van der Waals surface area contributed by atoms with Crippen LogP contribution in [-0.2, 0) is 16.0 Å². The molecule has 0 atom stereocenters. The first-order chi connectivity index (χ1) is 21.7. The topological polar surface area (TPSA) is 112 Å². The third-order valence-electron chi connectivity index (χ3n) is 7.66. The van der Waals surface area contributed by atoms with Crippen LogP contribution in [0.5, 0.6) is 0 Å². The van der Waals surface area contributed by atoms with Gasteiger partial charge in [0.2, 0.25) is 0 Å². The Morgan fingerprint density at radius 1 is 0.956 bits per heavy atom. The molecule has 234 valence electrons. The highest BCUT2D eigenvalue weighted by Gasteiger charge is 2.27. The van der Waals surface area contributed by atoms with Crippen molar-refractivity contribution in [3.8, 4) is 11.1 Å². The number of anilines is 1. The highest BCUT2D eigenvalue weighted by molar-refractivity contribution is 5.92. The summed E-state index contributed by atoms with van der Waals surface area (Å²) in [6.45, 7) is 6.25. The van der Waals surface area contributed by atoms with Crippen molar-refractivity contribution in [2.75, 3.05) is 5.32 Å². The number of nitrogens with one attached hydrogen (secondary N) is 2. The van der Waals surface area contributed by atoms with Crippen LogP contribution < -0.4 is 10.6 Å². The van der Waals surface area contributed by atoms with Crippen molar-refractivity contribution in [2.45, 2.75) is 77.2 Å². The highest BCUT2D eigenvalue weighted by atomic mass is 16.6. The third kappa shape index (κ3) is 8.81. The normalized spacial score (nSPS) is 16.8. The van der Waals surface area contributed by atoms with Gasteiger partial charge in [0, 0.05) is 23.7 Å². The number of hydrogen-bond acceptors (Lipinski definition) is 6. The van der Waals surface area contributed by atoms with Gasteiger partial charge in [-0.25, -0.2) is 14.6 Å². The average molecular weight is 609 g/mol. The van der Waals surface area contributed by atoms with Crippen LogP contribution >= 0.6 is 0 Å². The SMILES string of the molecule is CC(C)(C)OC(=O)NC1CCC(OC(=O)Nc2cc(C=CCCn3cnc4cc(C=O)ccc43)ccc2-c2ccccc2)CC1. The van der Waals surface area contributed by atoms with Crippen LogP contribution in [0.3, 0.4) is 0 Å². The number of benzene rings is 3. The number of carbonyl (C=O) groups is 3. The van der Waals surface area contributed by atoms with Crippen molar-refractivity contribution in [1.29, 1.82) is 0 Å². The maximum atomic E-state index is 13.1. The number of ether oxygens (including phenoxy) is 2. The second-order valence-electron chi connectivity index (χ2n) is 12.3. The lowest BCUT2D eigenvalue weighted by Gasteiger charge is -2.30. The number of nitrogens with zero attached hydrogens (tertiary/aromatic N) is 2. The van der Waals surface area contributed by atoms with Gasteiger partial charge in [-0.15, -0.1) is 0 Å². The summed E-state index contributed by atoms with van der Waals surface area (Å²) in [5, 5.41) is 5.91. The molecule has 1 aliphatic carbocycles. The van der Waals surface area contributed by atoms with Crippen LogP contribution in [0.15, 0.2) is 79.1 Å². The molecule has 0 aliphatic heterocycles. The van der Waals surface area contributed by atoms with Gasteiger partial charge >= 0.3 is 12.2 Å². The van der Waals surface area contributed by atoms with Gasteiger partial charge in [0.1, 0.15) is 18.0 Å². The van der Waals surface area contributed by atoms with Crippen LogP contribution in [-0.4, -0.2) is 45.8 Å². The Kier molecular flexibility index (Phi) is 9.97. The van der Waals surface area contributed by atoms with E-state index in [1.807, 2.05) is 81.4 Å². The number of rotatable bonds is 9. The van der Waals surface area contributed by atoms with Crippen molar-refractivity contribution in [1.82, 2.24) is 14.9 Å². The summed E-state index contributed by atoms with van der Waals surface area (Å²) in [5.74, 6) is 0. The van der Waals surface area contributed by atoms with Crippen LogP contribution in [0.4, 0.5) is 15.3 Å². The van der Waals surface area contributed by atoms with E-state index in [2.05, 4.69) is 26.3 Å². The van der Waals surface area contributed by atoms with E-state index in [4.69, 9.17) is 9.47 Å². The minimum absolute atomic E-state index is 0.00118. The highest BCUT2D eigenvalue weighted by Crippen LogP contribution is 2.30. The lowest BCUT2D eigenvalue weighted by Crippen LogP contribution is -2.42. The first-order valence-electron chi connectivity index (χ1n) is 15.4. The zero-order valence-corrected chi connectivity index (χ0v) is 26.0. The number of aromatic nitrogens is 2. The molecule has 2 amide bonds. The number of alkyl carbamates (subject to hydrolysis) is 1. The summed E-state index contributed by atoms with van der Waals surface area (Å²) in [6, 6.07) is 21.4. The largest absolute Gasteiger partial charge is 0.446 e. The molecule has 0 spiro atoms. The third-order valence-corrected chi connectivity index (χ3v) is 7.66. The van der Waals surface area contributed by atoms with Gasteiger partial charge in [-0.1, -0.05) is 54.6 Å². The van der Waals surface area contributed by atoms with E-state index in [-0.39, 0.29) is 12.1 Å². The van der Waals surface area contributed by atoms with Gasteiger partial charge in [-0.05, 0) is 88.3 Å². The molecular weight excluding hydrogens is 568 g/mol. The Labute approximate surface area is 263 Å². The van der Waals surface area contributed by atoms with E-state index in [0.29, 0.717) is 36.9 Å². The molecule has 3 aromatic carbocycles. The number of imidazole rings is 1. The van der Waals surface area contributed by atoms with E-state index in [1.165, 1.54) is 0 Å². The number of amides is 2. The Bertz CT molecular complexity index is 1660. The van der Waals surface area contributed by atoms with Crippen molar-refractivity contribution >= 4 is 41.3 Å². The van der Waals surface area contributed by atoms with Crippen LogP contribution in [0.25, 0.3) is 28.2 Å². The Morgan fingerprint density at radius 2 is 1.71 bits per heavy atom. The number of aryl methyl sites for hydroxylation is 1. The molecule has 1 saturated carbocycles. The summed E-state index contributed by atoms with van der Waals surface area (Å²) in [4.78, 5) is 40.7. The van der Waals surface area contributed by atoms with Gasteiger partial charge in [0.15, 0.2) is 0 Å². The first kappa shape index (κ1) is 31.5. The molecule has 9 nitrogen and oxygen atoms in total. The van der Waals surface area contributed by atoms with Crippen molar-refractivity contribution < 1.29 is 23.9 Å². The van der Waals surface area contributed by atoms with E-state index < -0.39 is 17.8 Å². The summed E-state index contributed by atoms with van der Waals surface area (Å²) in [7, 11) is 0. The standard InChI is InChI=1S/C36H40N4O5/c1-36(2,3)45-35(43)38-28-14-16-29(17-15-28)44-34(42)39-31-21-25(12-18-30(31)27-10-5-4-6-11-27)9-7-8-20-40-24-37-32-22-26(23-41)13-19-33(32)40/h4-7,9-13,18-19,21-24,28-29H,8,14-17,20H2,1-3H3,(H,38,43)(H,39,42). The molecule has 1 heterocycles. The van der Waals surface area contributed by atoms with Crippen LogP contribution in [0.2, 0.25) is 0 Å². The summed E-state index contributed by atoms with van der Waals surface area (Å²) in [6.07, 6.45) is 9.11. The van der Waals surface area contributed by atoms with Crippen molar-refractivity contribution in [3.63, 3.8) is 0 Å². The Balaban J connectivity index is 1.20. The van der Waals surface area contributed by atoms with Gasteiger partial charge in [-0.3, -0.25) is 10.1 Å². The lowest BCUT2D eigenvalue weighted by atomic mass is 9.93. The fraction of sp³-hybridized carbons (Fsp3) is 0.333. The predicted octanol–water partition coefficient (Wildman–Crippen LogP) is 8.00. The molecular formula is C36H40N4O5. The lowest BCUT2D eigenvalue weighted by molar-refractivity contribution is 0.0440. The summed E-state index contributed by atoms with van der Waals surface area (Å²) in [5.41, 5.74) is 5.35. The molecule has 4 aromatic rings. The van der Waals surface area contributed by atoms with E-state index in [0.717, 1.165) is 47.0 Å². The number of hydrogen-bond donors (Lipinski definition) is 2. The van der Waals surface area contributed by atoms with E-state index in [9.17, 15) is 14.4 Å². The summed E-state index contributed by atoms with van der Waals surface area (Å²) < 4.78 is 13.2. The minimum Gasteiger partial charge on any atom is -0.446 e. The Hall–Kier alpha value is -4.92. The smallest absolute Gasteiger partial charge is 0.411 e. The minimum atomic E-state index is -0.548. The zero-order valence-electron chi connectivity index (χ0n) is 26.0. The van der Waals surface area contributed by atoms with Gasteiger partial charge < -0.3 is 19.4 Å². The molecule has 1 aliphatic rings.